The molecule has 0 aliphatic carbocycles. The Bertz CT molecular complexity index is 1240. The molecular formula is C23H21ClN6. The van der Waals surface area contributed by atoms with Crippen LogP contribution in [0.15, 0.2) is 49.1 Å². The van der Waals surface area contributed by atoms with E-state index in [1.807, 2.05) is 25.6 Å². The quantitative estimate of drug-likeness (QED) is 0.508. The Balaban J connectivity index is 1.59. The van der Waals surface area contributed by atoms with Crippen LogP contribution >= 0.6 is 11.6 Å². The molecule has 5 rings (SSSR count). The number of halogens is 1. The summed E-state index contributed by atoms with van der Waals surface area (Å²) in [7, 11) is 1.92. The highest BCUT2D eigenvalue weighted by atomic mass is 35.5. The number of H-pyrrole nitrogens is 1. The Hall–Kier alpha value is -3.30. The summed E-state index contributed by atoms with van der Waals surface area (Å²) in [4.78, 5) is 10.1. The van der Waals surface area contributed by atoms with Gasteiger partial charge in [-0.2, -0.15) is 10.4 Å². The van der Waals surface area contributed by atoms with Gasteiger partial charge in [0.15, 0.2) is 0 Å². The number of fused-ring (bicyclic) bond motifs is 1. The van der Waals surface area contributed by atoms with E-state index < -0.39 is 0 Å². The number of nitriles is 1. The summed E-state index contributed by atoms with van der Waals surface area (Å²) in [5.41, 5.74) is 6.23. The third-order valence-electron chi connectivity index (χ3n) is 5.85. The minimum atomic E-state index is 0.127. The van der Waals surface area contributed by atoms with Crippen LogP contribution in [0, 0.1) is 17.2 Å². The maximum atomic E-state index is 9.27. The maximum absolute atomic E-state index is 9.27. The van der Waals surface area contributed by atoms with Crippen molar-refractivity contribution in [3.63, 3.8) is 0 Å². The van der Waals surface area contributed by atoms with E-state index in [1.165, 1.54) is 0 Å². The molecule has 1 aliphatic heterocycles. The zero-order valence-corrected chi connectivity index (χ0v) is 17.4. The van der Waals surface area contributed by atoms with Gasteiger partial charge in [-0.3, -0.25) is 4.68 Å². The zero-order valence-electron chi connectivity index (χ0n) is 16.6. The number of piperidine rings is 1. The van der Waals surface area contributed by atoms with E-state index in [2.05, 4.69) is 50.3 Å². The molecule has 0 bridgehead atoms. The lowest BCUT2D eigenvalue weighted by Gasteiger charge is -2.33. The van der Waals surface area contributed by atoms with Crippen molar-refractivity contribution in [1.29, 1.82) is 5.26 Å². The molecule has 30 heavy (non-hydrogen) atoms. The van der Waals surface area contributed by atoms with Crippen LogP contribution in [0.1, 0.15) is 12.8 Å². The fourth-order valence-corrected chi connectivity index (χ4v) is 4.46. The lowest BCUT2D eigenvalue weighted by molar-refractivity contribution is 0.488. The van der Waals surface area contributed by atoms with Gasteiger partial charge in [0.2, 0.25) is 0 Å². The van der Waals surface area contributed by atoms with E-state index in [0.29, 0.717) is 5.02 Å². The van der Waals surface area contributed by atoms with Gasteiger partial charge in [-0.25, -0.2) is 4.98 Å². The van der Waals surface area contributed by atoms with Crippen LogP contribution in [-0.4, -0.2) is 32.8 Å². The topological polar surface area (TPSA) is 73.5 Å². The normalized spacial score (nSPS) is 14.9. The number of rotatable bonds is 3. The zero-order chi connectivity index (χ0) is 20.7. The number of aromatic nitrogens is 4. The summed E-state index contributed by atoms with van der Waals surface area (Å²) in [6.07, 6.45) is 9.31. The van der Waals surface area contributed by atoms with Gasteiger partial charge in [-0.15, -0.1) is 0 Å². The largest absolute Gasteiger partial charge is 0.370 e. The molecule has 4 aromatic rings. The predicted octanol–water partition coefficient (Wildman–Crippen LogP) is 5.02. The molecule has 7 heteroatoms. The van der Waals surface area contributed by atoms with Gasteiger partial charge >= 0.3 is 0 Å². The van der Waals surface area contributed by atoms with Crippen LogP contribution in [0.3, 0.4) is 0 Å². The Kier molecular flexibility index (Phi) is 4.68. The van der Waals surface area contributed by atoms with Crippen molar-refractivity contribution >= 4 is 28.3 Å². The summed E-state index contributed by atoms with van der Waals surface area (Å²) in [6, 6.07) is 10.9. The molecule has 1 N–H and O–H groups in total. The number of benzene rings is 1. The molecule has 0 amide bonds. The van der Waals surface area contributed by atoms with Gasteiger partial charge in [0.05, 0.1) is 28.4 Å². The smallest absolute Gasteiger partial charge is 0.140 e. The Morgan fingerprint density at radius 3 is 2.50 bits per heavy atom. The summed E-state index contributed by atoms with van der Waals surface area (Å²) >= 11 is 6.56. The molecule has 0 unspecified atom stereocenters. The number of aryl methyl sites for hydroxylation is 1. The number of aromatic amines is 1. The molecule has 0 saturated carbocycles. The third kappa shape index (κ3) is 3.21. The minimum Gasteiger partial charge on any atom is -0.370 e. The Labute approximate surface area is 179 Å². The van der Waals surface area contributed by atoms with E-state index in [-0.39, 0.29) is 5.92 Å². The predicted molar refractivity (Wildman–Crippen MR) is 119 cm³/mol. The second kappa shape index (κ2) is 7.51. The van der Waals surface area contributed by atoms with Crippen LogP contribution in [0.2, 0.25) is 5.02 Å². The monoisotopic (exact) mass is 416 g/mol. The van der Waals surface area contributed by atoms with Gasteiger partial charge < -0.3 is 9.88 Å². The maximum Gasteiger partial charge on any atom is 0.140 e. The van der Waals surface area contributed by atoms with E-state index in [4.69, 9.17) is 11.6 Å². The van der Waals surface area contributed by atoms with Crippen LogP contribution in [0.5, 0.6) is 0 Å². The van der Waals surface area contributed by atoms with Crippen molar-refractivity contribution in [2.45, 2.75) is 12.8 Å². The fourth-order valence-electron chi connectivity index (χ4n) is 4.23. The van der Waals surface area contributed by atoms with Crippen molar-refractivity contribution in [2.24, 2.45) is 13.0 Å². The fraction of sp³-hybridized carbons (Fsp3) is 0.261. The van der Waals surface area contributed by atoms with E-state index in [9.17, 15) is 5.26 Å². The van der Waals surface area contributed by atoms with Crippen LogP contribution in [0.25, 0.3) is 33.3 Å². The van der Waals surface area contributed by atoms with Crippen molar-refractivity contribution in [3.05, 3.63) is 54.1 Å². The molecule has 3 aromatic heterocycles. The van der Waals surface area contributed by atoms with Crippen molar-refractivity contribution in [2.75, 3.05) is 18.0 Å². The summed E-state index contributed by atoms with van der Waals surface area (Å²) in [6.45, 7) is 1.67. The van der Waals surface area contributed by atoms with Crippen LogP contribution in [-0.2, 0) is 7.05 Å². The van der Waals surface area contributed by atoms with E-state index >= 15 is 0 Å². The van der Waals surface area contributed by atoms with Gasteiger partial charge in [-0.05, 0) is 24.0 Å². The van der Waals surface area contributed by atoms with Crippen molar-refractivity contribution in [3.8, 4) is 28.3 Å². The first-order chi connectivity index (χ1) is 14.6. The van der Waals surface area contributed by atoms with Crippen molar-refractivity contribution in [1.82, 2.24) is 19.7 Å². The molecule has 150 valence electrons. The van der Waals surface area contributed by atoms with Crippen LogP contribution < -0.4 is 4.90 Å². The van der Waals surface area contributed by atoms with Gasteiger partial charge in [0.1, 0.15) is 5.65 Å². The summed E-state index contributed by atoms with van der Waals surface area (Å²) < 4.78 is 1.80. The highest BCUT2D eigenvalue weighted by Gasteiger charge is 2.25. The standard InChI is InChI=1S/C23H21ClN6/c1-29-14-18(11-28-29)16-2-4-17(5-3-16)19-12-26-23-21(20(24)13-27-23)22(19)30-8-6-15(10-25)7-9-30/h2-5,11-15H,6-9H2,1H3,(H,26,27). The molecule has 0 spiro atoms. The highest BCUT2D eigenvalue weighted by molar-refractivity contribution is 6.36. The molecular weight excluding hydrogens is 396 g/mol. The van der Waals surface area contributed by atoms with E-state index in [0.717, 1.165) is 64.9 Å². The number of pyridine rings is 1. The highest BCUT2D eigenvalue weighted by Crippen LogP contribution is 2.41. The van der Waals surface area contributed by atoms with Gasteiger partial charge in [0, 0.05) is 55.8 Å². The number of nitrogens with zero attached hydrogens (tertiary/aromatic N) is 5. The first-order valence-corrected chi connectivity index (χ1v) is 10.4. The molecule has 1 aromatic carbocycles. The molecule has 6 nitrogen and oxygen atoms in total. The molecule has 0 radical (unpaired) electrons. The number of anilines is 1. The summed E-state index contributed by atoms with van der Waals surface area (Å²) in [5.74, 6) is 0.127. The number of hydrogen-bond acceptors (Lipinski definition) is 4. The number of hydrogen-bond donors (Lipinski definition) is 1. The lowest BCUT2D eigenvalue weighted by Crippen LogP contribution is -2.33. The van der Waals surface area contributed by atoms with Crippen molar-refractivity contribution < 1.29 is 0 Å². The third-order valence-corrected chi connectivity index (χ3v) is 6.15. The Morgan fingerprint density at radius 2 is 1.83 bits per heavy atom. The summed E-state index contributed by atoms with van der Waals surface area (Å²) in [5, 5.41) is 15.1. The average Bonchev–Trinajstić information content (AvgIpc) is 3.39. The lowest BCUT2D eigenvalue weighted by atomic mass is 9.95. The minimum absolute atomic E-state index is 0.127. The molecule has 1 fully saturated rings. The van der Waals surface area contributed by atoms with E-state index in [1.54, 1.807) is 10.9 Å². The SMILES string of the molecule is Cn1cc(-c2ccc(-c3cnc4[nH]cc(Cl)c4c3N3CCC(C#N)CC3)cc2)cn1. The average molecular weight is 417 g/mol. The van der Waals surface area contributed by atoms with Gasteiger partial charge in [-0.1, -0.05) is 35.9 Å². The second-order valence-electron chi connectivity index (χ2n) is 7.75. The molecule has 1 aliphatic rings. The second-order valence-corrected chi connectivity index (χ2v) is 8.16. The van der Waals surface area contributed by atoms with Gasteiger partial charge in [0.25, 0.3) is 0 Å². The molecule has 1 saturated heterocycles. The Morgan fingerprint density at radius 1 is 1.10 bits per heavy atom. The molecule has 0 atom stereocenters. The first-order valence-electron chi connectivity index (χ1n) is 10.0. The first kappa shape index (κ1) is 18.7. The van der Waals surface area contributed by atoms with Crippen LogP contribution in [0.4, 0.5) is 5.69 Å². The molecule has 4 heterocycles. The number of nitrogens with one attached hydrogen (secondary N) is 1.